The van der Waals surface area contributed by atoms with Crippen LogP contribution in [0.15, 0.2) is 17.2 Å². The van der Waals surface area contributed by atoms with Crippen LogP contribution in [0.5, 0.6) is 5.75 Å². The number of ketones is 1. The molecule has 0 fully saturated rings. The van der Waals surface area contributed by atoms with E-state index >= 15 is 0 Å². The van der Waals surface area contributed by atoms with Crippen molar-refractivity contribution in [3.05, 3.63) is 27.7 Å². The number of nitrogens with zero attached hydrogens (tertiary/aromatic N) is 1. The van der Waals surface area contributed by atoms with E-state index in [1.54, 1.807) is 12.1 Å². The zero-order valence-electron chi connectivity index (χ0n) is 12.2. The maximum absolute atomic E-state index is 11.0. The van der Waals surface area contributed by atoms with Gasteiger partial charge in [0.2, 0.25) is 0 Å². The van der Waals surface area contributed by atoms with Gasteiger partial charge < -0.3 is 9.53 Å². The molecule has 22 heavy (non-hydrogen) atoms. The van der Waals surface area contributed by atoms with Gasteiger partial charge in [-0.25, -0.2) is 0 Å². The summed E-state index contributed by atoms with van der Waals surface area (Å²) in [5, 5.41) is 4.87. The van der Waals surface area contributed by atoms with E-state index in [1.807, 2.05) is 6.92 Å². The van der Waals surface area contributed by atoms with Gasteiger partial charge in [0, 0.05) is 11.5 Å². The Morgan fingerprint density at radius 2 is 2.09 bits per heavy atom. The van der Waals surface area contributed by atoms with Gasteiger partial charge in [0.25, 0.3) is 0 Å². The van der Waals surface area contributed by atoms with Crippen LogP contribution >= 0.6 is 23.2 Å². The first kappa shape index (κ1) is 16.8. The standard InChI is InChI=1S/C15H16Cl2N2O3/c1-8-3-11(6-20)18-19-14(8)10-4-12(16)15(13(17)5-10)22-7-9(2)21/h4-6,8,11,18H,3,7H2,1-2H3. The molecule has 1 aliphatic rings. The van der Waals surface area contributed by atoms with Gasteiger partial charge in [-0.2, -0.15) is 5.10 Å². The van der Waals surface area contributed by atoms with Gasteiger partial charge in [0.15, 0.2) is 11.5 Å². The summed E-state index contributed by atoms with van der Waals surface area (Å²) in [6, 6.07) is 3.12. The SMILES string of the molecule is CC(=O)COc1c(Cl)cc(C2=NNC(C=O)CC2C)cc1Cl. The predicted molar refractivity (Wildman–Crippen MR) is 85.9 cm³/mol. The number of hydrogen-bond donors (Lipinski definition) is 1. The first-order valence-electron chi connectivity index (χ1n) is 6.82. The molecule has 1 heterocycles. The van der Waals surface area contributed by atoms with Crippen molar-refractivity contribution < 1.29 is 14.3 Å². The van der Waals surface area contributed by atoms with E-state index in [0.717, 1.165) is 17.6 Å². The highest BCUT2D eigenvalue weighted by Gasteiger charge is 2.24. The molecule has 0 spiro atoms. The van der Waals surface area contributed by atoms with Crippen molar-refractivity contribution in [2.75, 3.05) is 6.61 Å². The van der Waals surface area contributed by atoms with Crippen molar-refractivity contribution in [1.29, 1.82) is 0 Å². The normalized spacial score (nSPS) is 20.8. The fourth-order valence-corrected chi connectivity index (χ4v) is 2.86. The van der Waals surface area contributed by atoms with Crippen LogP contribution in [0.4, 0.5) is 0 Å². The summed E-state index contributed by atoms with van der Waals surface area (Å²) in [6.07, 6.45) is 1.50. The molecule has 1 aromatic carbocycles. The van der Waals surface area contributed by atoms with E-state index in [0.29, 0.717) is 16.5 Å². The fraction of sp³-hybridized carbons (Fsp3) is 0.400. The van der Waals surface area contributed by atoms with Crippen LogP contribution in [0.2, 0.25) is 10.0 Å². The maximum Gasteiger partial charge on any atom is 0.167 e. The molecule has 1 aliphatic heterocycles. The molecular weight excluding hydrogens is 327 g/mol. The van der Waals surface area contributed by atoms with E-state index in [2.05, 4.69) is 10.5 Å². The second kappa shape index (κ2) is 7.11. The van der Waals surface area contributed by atoms with Crippen molar-refractivity contribution in [1.82, 2.24) is 5.43 Å². The molecule has 1 aromatic rings. The number of aldehydes is 1. The van der Waals surface area contributed by atoms with Gasteiger partial charge in [0.1, 0.15) is 12.9 Å². The summed E-state index contributed by atoms with van der Waals surface area (Å²) in [6.45, 7) is 3.32. The lowest BCUT2D eigenvalue weighted by molar-refractivity contribution is -0.118. The van der Waals surface area contributed by atoms with Crippen LogP contribution in [-0.2, 0) is 9.59 Å². The predicted octanol–water partition coefficient (Wildman–Crippen LogP) is 2.86. The number of ether oxygens (including phenoxy) is 1. The van der Waals surface area contributed by atoms with Gasteiger partial charge in [0.05, 0.1) is 21.8 Å². The van der Waals surface area contributed by atoms with Crippen molar-refractivity contribution in [3.63, 3.8) is 0 Å². The Kier molecular flexibility index (Phi) is 5.42. The van der Waals surface area contributed by atoms with Gasteiger partial charge in [-0.05, 0) is 25.5 Å². The van der Waals surface area contributed by atoms with Gasteiger partial charge in [-0.3, -0.25) is 10.2 Å². The first-order valence-corrected chi connectivity index (χ1v) is 7.58. The van der Waals surface area contributed by atoms with E-state index < -0.39 is 0 Å². The van der Waals surface area contributed by atoms with E-state index in [1.165, 1.54) is 6.92 Å². The number of halogens is 2. The molecule has 0 radical (unpaired) electrons. The molecule has 0 aromatic heterocycles. The quantitative estimate of drug-likeness (QED) is 0.835. The molecule has 118 valence electrons. The Hall–Kier alpha value is -1.59. The zero-order chi connectivity index (χ0) is 16.3. The first-order chi connectivity index (χ1) is 10.4. The summed E-state index contributed by atoms with van der Waals surface area (Å²) in [7, 11) is 0. The Morgan fingerprint density at radius 1 is 1.45 bits per heavy atom. The lowest BCUT2D eigenvalue weighted by atomic mass is 9.91. The van der Waals surface area contributed by atoms with Crippen LogP contribution in [0, 0.1) is 5.92 Å². The Balaban J connectivity index is 2.28. The molecular formula is C15H16Cl2N2O3. The van der Waals surface area contributed by atoms with Crippen molar-refractivity contribution in [2.24, 2.45) is 11.0 Å². The lowest BCUT2D eigenvalue weighted by Crippen LogP contribution is -2.37. The molecule has 0 aliphatic carbocycles. The molecule has 2 atom stereocenters. The monoisotopic (exact) mass is 342 g/mol. The zero-order valence-corrected chi connectivity index (χ0v) is 13.7. The number of Topliss-reactive ketones (excluding diaryl/α,β-unsaturated/α-hetero) is 1. The maximum atomic E-state index is 11.0. The molecule has 1 N–H and O–H groups in total. The van der Waals surface area contributed by atoms with Crippen LogP contribution in [0.1, 0.15) is 25.8 Å². The minimum atomic E-state index is -0.275. The smallest absolute Gasteiger partial charge is 0.167 e. The number of carbonyl (C=O) groups is 2. The third kappa shape index (κ3) is 3.78. The highest BCUT2D eigenvalue weighted by atomic mass is 35.5. The summed E-state index contributed by atoms with van der Waals surface area (Å²) in [4.78, 5) is 21.8. The topological polar surface area (TPSA) is 67.8 Å². The molecule has 7 heteroatoms. The van der Waals surface area contributed by atoms with Crippen LogP contribution in [0.25, 0.3) is 0 Å². The van der Waals surface area contributed by atoms with Gasteiger partial charge >= 0.3 is 0 Å². The van der Waals surface area contributed by atoms with Gasteiger partial charge in [-0.1, -0.05) is 30.1 Å². The van der Waals surface area contributed by atoms with Crippen molar-refractivity contribution >= 4 is 41.0 Å². The largest absolute Gasteiger partial charge is 0.483 e. The highest BCUT2D eigenvalue weighted by Crippen LogP contribution is 2.35. The Labute approximate surface area is 138 Å². The number of hydrogen-bond acceptors (Lipinski definition) is 5. The van der Waals surface area contributed by atoms with E-state index in [-0.39, 0.29) is 30.1 Å². The highest BCUT2D eigenvalue weighted by molar-refractivity contribution is 6.37. The van der Waals surface area contributed by atoms with Gasteiger partial charge in [-0.15, -0.1) is 0 Å². The van der Waals surface area contributed by atoms with E-state index in [9.17, 15) is 9.59 Å². The summed E-state index contributed by atoms with van der Waals surface area (Å²) in [5.74, 6) is 0.253. The number of benzene rings is 1. The second-order valence-corrected chi connectivity index (χ2v) is 6.08. The molecule has 5 nitrogen and oxygen atoms in total. The Morgan fingerprint density at radius 3 is 2.59 bits per heavy atom. The van der Waals surface area contributed by atoms with Crippen molar-refractivity contribution in [3.8, 4) is 5.75 Å². The molecule has 2 rings (SSSR count). The minimum Gasteiger partial charge on any atom is -0.483 e. The third-order valence-electron chi connectivity index (χ3n) is 3.30. The lowest BCUT2D eigenvalue weighted by Gasteiger charge is -2.25. The summed E-state index contributed by atoms with van der Waals surface area (Å²) >= 11 is 12.4. The average Bonchev–Trinajstić information content (AvgIpc) is 2.45. The van der Waals surface area contributed by atoms with Crippen LogP contribution in [-0.4, -0.2) is 30.4 Å². The molecule has 2 unspecified atom stereocenters. The number of nitrogens with one attached hydrogen (secondary N) is 1. The number of carbonyl (C=O) groups excluding carboxylic acids is 2. The summed E-state index contributed by atoms with van der Waals surface area (Å²) < 4.78 is 5.32. The number of hydrazone groups is 1. The van der Waals surface area contributed by atoms with E-state index in [4.69, 9.17) is 27.9 Å². The third-order valence-corrected chi connectivity index (χ3v) is 3.86. The van der Waals surface area contributed by atoms with Crippen LogP contribution < -0.4 is 10.2 Å². The number of rotatable bonds is 5. The molecule has 0 saturated carbocycles. The average molecular weight is 343 g/mol. The molecule has 0 amide bonds. The minimum absolute atomic E-state index is 0.0846. The summed E-state index contributed by atoms with van der Waals surface area (Å²) in [5.41, 5.74) is 4.34. The molecule has 0 saturated heterocycles. The van der Waals surface area contributed by atoms with Crippen molar-refractivity contribution in [2.45, 2.75) is 26.3 Å². The molecule has 0 bridgehead atoms. The second-order valence-electron chi connectivity index (χ2n) is 5.27. The fourth-order valence-electron chi connectivity index (χ4n) is 2.26. The Bertz CT molecular complexity index is 608. The van der Waals surface area contributed by atoms with Crippen LogP contribution in [0.3, 0.4) is 0 Å².